The van der Waals surface area contributed by atoms with Crippen LogP contribution >= 0.6 is 0 Å². The predicted molar refractivity (Wildman–Crippen MR) is 41.5 cm³/mol. The van der Waals surface area contributed by atoms with Crippen molar-refractivity contribution in [2.24, 2.45) is 0 Å². The monoisotopic (exact) mass is 334 g/mol. The van der Waals surface area contributed by atoms with Gasteiger partial charge in [-0.05, 0) is 0 Å². The van der Waals surface area contributed by atoms with E-state index in [4.69, 9.17) is 16.6 Å². The second-order valence-corrected chi connectivity index (χ2v) is 1.90. The molecule has 1 radical (unpaired) electrons. The fourth-order valence-corrected chi connectivity index (χ4v) is 0.713. The van der Waals surface area contributed by atoms with E-state index in [-0.39, 0.29) is 20.4 Å². The van der Waals surface area contributed by atoms with Crippen LogP contribution < -0.4 is 4.74 Å². The van der Waals surface area contributed by atoms with E-state index < -0.39 is 0 Å². The molecule has 0 N–H and O–H groups in total. The Hall–Kier alpha value is -0.828. The van der Waals surface area contributed by atoms with Gasteiger partial charge in [-0.2, -0.15) is 18.2 Å². The van der Waals surface area contributed by atoms with E-state index >= 15 is 0 Å². The van der Waals surface area contributed by atoms with Crippen LogP contribution in [-0.2, 0) is 20.4 Å². The number of rotatable bonds is 1. The van der Waals surface area contributed by atoms with E-state index in [9.17, 15) is 0 Å². The fraction of sp³-hybridized carbons (Fsp3) is 0.222. The Kier molecular flexibility index (Phi) is 9.47. The average molecular weight is 333 g/mol. The molecule has 65 valence electrons. The van der Waals surface area contributed by atoms with Crippen molar-refractivity contribution in [1.29, 1.82) is 5.26 Å². The van der Waals surface area contributed by atoms with Crippen LogP contribution in [0.4, 0.5) is 0 Å². The number of aryl methyl sites for hydroxylation is 1. The SMILES string of the molecule is COc1c[c-]ccc1C.[C-]#N.[Re]. The Balaban J connectivity index is 0. The zero-order valence-electron chi connectivity index (χ0n) is 6.97. The molecule has 1 aromatic rings. The number of ether oxygens (including phenoxy) is 1. The van der Waals surface area contributed by atoms with Crippen molar-refractivity contribution >= 4 is 0 Å². The van der Waals surface area contributed by atoms with Gasteiger partial charge in [-0.1, -0.05) is 6.92 Å². The molecular formula is C9H9NORe-2. The zero-order valence-corrected chi connectivity index (χ0v) is 9.68. The van der Waals surface area contributed by atoms with Crippen LogP contribution in [0.25, 0.3) is 0 Å². The molecule has 0 atom stereocenters. The molecule has 0 aromatic heterocycles. The first-order chi connectivity index (χ1) is 5.34. The maximum Gasteiger partial charge on any atom is 0.0607 e. The Labute approximate surface area is 86.8 Å². The second-order valence-electron chi connectivity index (χ2n) is 1.90. The van der Waals surface area contributed by atoms with Crippen LogP contribution in [0.1, 0.15) is 5.56 Å². The minimum absolute atomic E-state index is 0. The summed E-state index contributed by atoms with van der Waals surface area (Å²) < 4.78 is 5.01. The van der Waals surface area contributed by atoms with Crippen LogP contribution in [0.3, 0.4) is 0 Å². The van der Waals surface area contributed by atoms with Crippen molar-refractivity contribution < 1.29 is 25.2 Å². The van der Waals surface area contributed by atoms with Gasteiger partial charge in [-0.15, -0.1) is 11.6 Å². The summed E-state index contributed by atoms with van der Waals surface area (Å²) in [5, 5.41) is 6.25. The van der Waals surface area contributed by atoms with Crippen molar-refractivity contribution in [3.05, 3.63) is 36.4 Å². The summed E-state index contributed by atoms with van der Waals surface area (Å²) in [4.78, 5) is 0. The first kappa shape index (κ1) is 13.7. The van der Waals surface area contributed by atoms with Gasteiger partial charge in [0.05, 0.1) is 7.11 Å². The summed E-state index contributed by atoms with van der Waals surface area (Å²) in [5.74, 6) is 0.900. The van der Waals surface area contributed by atoms with Gasteiger partial charge in [0.2, 0.25) is 0 Å². The molecule has 0 unspecified atom stereocenters. The first-order valence-electron chi connectivity index (χ1n) is 3.07. The maximum atomic E-state index is 6.25. The van der Waals surface area contributed by atoms with Crippen LogP contribution in [0.5, 0.6) is 5.75 Å². The van der Waals surface area contributed by atoms with Gasteiger partial charge < -0.3 is 16.6 Å². The van der Waals surface area contributed by atoms with Gasteiger partial charge in [0.25, 0.3) is 0 Å². The van der Waals surface area contributed by atoms with E-state index in [1.807, 2.05) is 25.1 Å². The molecule has 0 saturated heterocycles. The van der Waals surface area contributed by atoms with Crippen LogP contribution in [-0.4, -0.2) is 7.11 Å². The van der Waals surface area contributed by atoms with Crippen LogP contribution in [0.2, 0.25) is 0 Å². The molecule has 12 heavy (non-hydrogen) atoms. The van der Waals surface area contributed by atoms with Crippen molar-refractivity contribution in [2.75, 3.05) is 7.11 Å². The zero-order chi connectivity index (χ0) is 8.69. The van der Waals surface area contributed by atoms with Crippen molar-refractivity contribution in [2.45, 2.75) is 6.92 Å². The molecule has 0 heterocycles. The van der Waals surface area contributed by atoms with E-state index in [2.05, 4.69) is 6.07 Å². The predicted octanol–water partition coefficient (Wildman–Crippen LogP) is 1.90. The molecule has 0 amide bonds. The second kappa shape index (κ2) is 8.27. The number of nitrogens with zero attached hydrogens (tertiary/aromatic N) is 1. The molecular weight excluding hydrogens is 324 g/mol. The molecule has 3 heteroatoms. The van der Waals surface area contributed by atoms with Gasteiger partial charge in [-0.25, -0.2) is 0 Å². The minimum Gasteiger partial charge on any atom is -0.554 e. The largest absolute Gasteiger partial charge is 0.554 e. The number of benzene rings is 1. The topological polar surface area (TPSA) is 33.0 Å². The summed E-state index contributed by atoms with van der Waals surface area (Å²) >= 11 is 0. The van der Waals surface area contributed by atoms with E-state index in [1.165, 1.54) is 0 Å². The third-order valence-electron chi connectivity index (χ3n) is 1.25. The van der Waals surface area contributed by atoms with Crippen molar-refractivity contribution in [1.82, 2.24) is 0 Å². The van der Waals surface area contributed by atoms with Crippen molar-refractivity contribution in [3.8, 4) is 5.75 Å². The normalized spacial score (nSPS) is 7.00. The van der Waals surface area contributed by atoms with E-state index in [0.717, 1.165) is 11.3 Å². The molecule has 1 rings (SSSR count). The van der Waals surface area contributed by atoms with Crippen LogP contribution in [0, 0.1) is 24.8 Å². The molecule has 0 aliphatic heterocycles. The summed E-state index contributed by atoms with van der Waals surface area (Å²) in [7, 11) is 1.66. The van der Waals surface area contributed by atoms with Gasteiger partial charge >= 0.3 is 0 Å². The number of hydrogen-bond acceptors (Lipinski definition) is 2. The van der Waals surface area contributed by atoms with Gasteiger partial charge in [0.1, 0.15) is 0 Å². The quantitative estimate of drug-likeness (QED) is 0.736. The summed E-state index contributed by atoms with van der Waals surface area (Å²) in [5.41, 5.74) is 1.15. The summed E-state index contributed by atoms with van der Waals surface area (Å²) in [6, 6.07) is 8.60. The third-order valence-corrected chi connectivity index (χ3v) is 1.25. The summed E-state index contributed by atoms with van der Waals surface area (Å²) in [6.45, 7) is 6.76. The molecule has 0 aliphatic rings. The van der Waals surface area contributed by atoms with Gasteiger partial charge in [0, 0.05) is 26.2 Å². The number of hydrogen-bond donors (Lipinski definition) is 0. The van der Waals surface area contributed by atoms with Gasteiger partial charge in [0.15, 0.2) is 0 Å². The smallest absolute Gasteiger partial charge is 0.0607 e. The van der Waals surface area contributed by atoms with E-state index in [0.29, 0.717) is 0 Å². The van der Waals surface area contributed by atoms with Crippen LogP contribution in [0.15, 0.2) is 18.2 Å². The van der Waals surface area contributed by atoms with E-state index in [1.54, 1.807) is 7.11 Å². The Bertz CT molecular complexity index is 235. The molecule has 0 fully saturated rings. The van der Waals surface area contributed by atoms with Gasteiger partial charge in [-0.3, -0.25) is 0 Å². The maximum absolute atomic E-state index is 6.25. The fourth-order valence-electron chi connectivity index (χ4n) is 0.713. The summed E-state index contributed by atoms with van der Waals surface area (Å²) in [6.07, 6.45) is 0. The minimum atomic E-state index is 0. The van der Waals surface area contributed by atoms with Crippen molar-refractivity contribution in [3.63, 3.8) is 0 Å². The molecule has 0 aliphatic carbocycles. The first-order valence-corrected chi connectivity index (χ1v) is 3.07. The third kappa shape index (κ3) is 4.13. The molecule has 0 bridgehead atoms. The Morgan fingerprint density at radius 2 is 2.08 bits per heavy atom. The molecule has 0 saturated carbocycles. The molecule has 2 nitrogen and oxygen atoms in total. The Morgan fingerprint density at radius 3 is 2.42 bits per heavy atom. The number of methoxy groups -OCH3 is 1. The standard InChI is InChI=1S/C8H9O.CN.Re/c1-7-5-3-4-6-8(7)9-2;1-2;/h3,5-6H,1-2H3;;/q2*-1;. The molecule has 1 aromatic carbocycles. The molecule has 0 spiro atoms. The average Bonchev–Trinajstić information content (AvgIpc) is 2.09. The Morgan fingerprint density at radius 1 is 1.50 bits per heavy atom.